The quantitative estimate of drug-likeness (QED) is 0.210. The maximum atomic E-state index is 16.3. The van der Waals surface area contributed by atoms with Crippen LogP contribution in [0.25, 0.3) is 44.1 Å². The zero-order valence-electron chi connectivity index (χ0n) is 32.8. The lowest BCUT2D eigenvalue weighted by Crippen LogP contribution is -2.56. The van der Waals surface area contributed by atoms with Gasteiger partial charge in [0.05, 0.1) is 49.3 Å². The largest absolute Gasteiger partial charge is 0.496 e. The first-order valence-electron chi connectivity index (χ1n) is 19.2. The number of imidazole rings is 1. The van der Waals surface area contributed by atoms with Crippen molar-refractivity contribution >= 4 is 39.4 Å². The van der Waals surface area contributed by atoms with Gasteiger partial charge >= 0.3 is 5.69 Å². The molecule has 6 heterocycles. The third-order valence-electron chi connectivity index (χ3n) is 11.8. The van der Waals surface area contributed by atoms with Gasteiger partial charge < -0.3 is 18.9 Å². The molecule has 0 aliphatic carbocycles. The number of alkyl halides is 2. The van der Waals surface area contributed by atoms with Gasteiger partial charge in [0.2, 0.25) is 11.8 Å². The van der Waals surface area contributed by atoms with Gasteiger partial charge in [-0.05, 0) is 59.9 Å². The van der Waals surface area contributed by atoms with Gasteiger partial charge in [0.15, 0.2) is 0 Å². The van der Waals surface area contributed by atoms with Crippen LogP contribution < -0.4 is 30.9 Å². The Morgan fingerprint density at radius 2 is 1.64 bits per heavy atom. The van der Waals surface area contributed by atoms with Crippen LogP contribution in [0.5, 0.6) is 11.5 Å². The van der Waals surface area contributed by atoms with Crippen LogP contribution in [-0.2, 0) is 43.2 Å². The number of aryl methyl sites for hydroxylation is 2. The molecular formula is C43H40F3N7O6. The Morgan fingerprint density at radius 3 is 2.34 bits per heavy atom. The second kappa shape index (κ2) is 14.1. The van der Waals surface area contributed by atoms with E-state index in [2.05, 4.69) is 15.2 Å². The van der Waals surface area contributed by atoms with E-state index < -0.39 is 36.7 Å². The fourth-order valence-electron chi connectivity index (χ4n) is 8.81. The van der Waals surface area contributed by atoms with Crippen LogP contribution in [-0.4, -0.2) is 75.2 Å². The highest BCUT2D eigenvalue weighted by molar-refractivity contribution is 6.01. The number of aromatic nitrogens is 4. The van der Waals surface area contributed by atoms with Gasteiger partial charge in [-0.1, -0.05) is 18.2 Å². The lowest BCUT2D eigenvalue weighted by molar-refractivity contribution is -0.135. The summed E-state index contributed by atoms with van der Waals surface area (Å²) in [7, 11) is 6.36. The molecule has 59 heavy (non-hydrogen) atoms. The van der Waals surface area contributed by atoms with Gasteiger partial charge in [-0.2, -0.15) is 0 Å². The van der Waals surface area contributed by atoms with Gasteiger partial charge in [-0.3, -0.25) is 33.7 Å². The van der Waals surface area contributed by atoms with Crippen molar-refractivity contribution in [2.75, 3.05) is 38.8 Å². The lowest BCUT2D eigenvalue weighted by atomic mass is 9.93. The maximum Gasteiger partial charge on any atom is 0.329 e. The number of piperidine rings is 1. The van der Waals surface area contributed by atoms with Crippen LogP contribution in [0.15, 0.2) is 70.5 Å². The summed E-state index contributed by atoms with van der Waals surface area (Å²) in [5, 5.41) is 3.22. The van der Waals surface area contributed by atoms with E-state index >= 15 is 4.39 Å². The van der Waals surface area contributed by atoms with Gasteiger partial charge in [-0.15, -0.1) is 0 Å². The normalized spacial score (nSPS) is 17.9. The number of methoxy groups -OCH3 is 2. The summed E-state index contributed by atoms with van der Waals surface area (Å²) >= 11 is 0. The van der Waals surface area contributed by atoms with Crippen LogP contribution in [0.3, 0.4) is 0 Å². The molecule has 2 fully saturated rings. The van der Waals surface area contributed by atoms with Crippen molar-refractivity contribution in [2.24, 2.45) is 14.1 Å². The molecule has 3 aromatic heterocycles. The summed E-state index contributed by atoms with van der Waals surface area (Å²) in [5.74, 6) is -2.69. The number of rotatable bonds is 8. The number of carbonyl (C=O) groups is 2. The number of pyridine rings is 2. The summed E-state index contributed by atoms with van der Waals surface area (Å²) < 4.78 is 59.9. The van der Waals surface area contributed by atoms with E-state index in [0.29, 0.717) is 93.0 Å². The lowest BCUT2D eigenvalue weighted by Gasteiger charge is -2.39. The van der Waals surface area contributed by atoms with Crippen molar-refractivity contribution in [1.82, 2.24) is 28.9 Å². The number of nitrogens with zero attached hydrogens (tertiary/aromatic N) is 6. The fourth-order valence-corrected chi connectivity index (χ4v) is 8.81. The maximum absolute atomic E-state index is 16.3. The van der Waals surface area contributed by atoms with Crippen LogP contribution in [0.4, 0.5) is 19.0 Å². The number of benzene rings is 3. The van der Waals surface area contributed by atoms with Gasteiger partial charge in [0.1, 0.15) is 29.2 Å². The number of para-hydroxylation sites is 1. The van der Waals surface area contributed by atoms with E-state index in [0.717, 1.165) is 11.1 Å². The minimum atomic E-state index is -2.79. The molecule has 13 nitrogen and oxygen atoms in total. The van der Waals surface area contributed by atoms with E-state index in [1.54, 1.807) is 52.7 Å². The van der Waals surface area contributed by atoms with Crippen molar-refractivity contribution in [3.05, 3.63) is 104 Å². The highest BCUT2D eigenvalue weighted by atomic mass is 19.3. The Labute approximate surface area is 335 Å². The molecule has 3 aliphatic heterocycles. The number of nitrogens with one attached hydrogen (secondary N) is 1. The second-order valence-electron chi connectivity index (χ2n) is 15.5. The summed E-state index contributed by atoms with van der Waals surface area (Å²) in [6, 6.07) is 13.3. The number of carbonyl (C=O) groups excluding carboxylic acids is 2. The van der Waals surface area contributed by atoms with E-state index in [1.165, 1.54) is 30.9 Å². The molecule has 1 unspecified atom stereocenters. The Kier molecular flexibility index (Phi) is 9.14. The molecule has 304 valence electrons. The van der Waals surface area contributed by atoms with E-state index in [-0.39, 0.29) is 30.1 Å². The monoisotopic (exact) mass is 807 g/mol. The molecule has 0 saturated carbocycles. The van der Waals surface area contributed by atoms with Crippen LogP contribution in [0.2, 0.25) is 0 Å². The SMILES string of the molecule is COc1cc(-c2cn(C)c(=O)c3cnc(N4CC(F)(F)C4)cc23)cc(OC)c1CN1CCc2cc(-c3cccc4c3n(C)c(=O)n4C3CCC(=O)NC3=O)cc(F)c2C1. The Bertz CT molecular complexity index is 2850. The number of ether oxygens (including phenoxy) is 2. The minimum absolute atomic E-state index is 0.123. The number of fused-ring (bicyclic) bond motifs is 3. The second-order valence-corrected chi connectivity index (χ2v) is 15.5. The number of hydrogen-bond donors (Lipinski definition) is 1. The highest BCUT2D eigenvalue weighted by Crippen LogP contribution is 2.41. The number of amides is 2. The molecule has 1 N–H and O–H groups in total. The van der Waals surface area contributed by atoms with Crippen molar-refractivity contribution in [1.29, 1.82) is 0 Å². The average Bonchev–Trinajstić information content (AvgIpc) is 3.46. The third kappa shape index (κ3) is 6.42. The molecule has 1 atom stereocenters. The standard InChI is InChI=1S/C43H40F3N7O6/c1-49-18-29(27-16-37(47-17-28(27)41(49)56)52-21-43(45,46)22-52)25-14-35(58-3)31(36(15-25)59-4)20-51-11-10-23-12-24(13-32(44)30(23)19-51)26-6-5-7-33-39(26)50(2)42(57)53(33)34-8-9-38(54)48-40(34)55/h5-7,12-18,34H,8-11,19-22H2,1-4H3,(H,48,54,55). The third-order valence-corrected chi connectivity index (χ3v) is 11.8. The summed E-state index contributed by atoms with van der Waals surface area (Å²) in [6.45, 7) is 0.370. The molecule has 2 amide bonds. The highest BCUT2D eigenvalue weighted by Gasteiger charge is 2.44. The van der Waals surface area contributed by atoms with Crippen LogP contribution in [0.1, 0.15) is 35.6 Å². The molecule has 2 saturated heterocycles. The fraction of sp³-hybridized carbons (Fsp3) is 0.326. The smallest absolute Gasteiger partial charge is 0.329 e. The van der Waals surface area contributed by atoms with Gasteiger partial charge in [0.25, 0.3) is 11.5 Å². The van der Waals surface area contributed by atoms with E-state index in [4.69, 9.17) is 9.47 Å². The molecule has 0 radical (unpaired) electrons. The first kappa shape index (κ1) is 38.1. The van der Waals surface area contributed by atoms with Gasteiger partial charge in [0, 0.05) is 74.6 Å². The number of imide groups is 1. The predicted octanol–water partition coefficient (Wildman–Crippen LogP) is 5.07. The first-order chi connectivity index (χ1) is 28.2. The van der Waals surface area contributed by atoms with E-state index in [9.17, 15) is 28.0 Å². The molecule has 3 aromatic carbocycles. The van der Waals surface area contributed by atoms with E-state index in [1.807, 2.05) is 24.3 Å². The molecule has 9 rings (SSSR count). The number of halogens is 3. The van der Waals surface area contributed by atoms with Crippen LogP contribution >= 0.6 is 0 Å². The molecular weight excluding hydrogens is 768 g/mol. The predicted molar refractivity (Wildman–Crippen MR) is 214 cm³/mol. The number of anilines is 1. The summed E-state index contributed by atoms with van der Waals surface area (Å²) in [4.78, 5) is 59.2. The Hall–Kier alpha value is -6.42. The van der Waals surface area contributed by atoms with Gasteiger partial charge in [-0.25, -0.2) is 22.9 Å². The zero-order valence-corrected chi connectivity index (χ0v) is 32.8. The molecule has 6 aromatic rings. The topological polar surface area (TPSA) is 133 Å². The Morgan fingerprint density at radius 1 is 0.915 bits per heavy atom. The van der Waals surface area contributed by atoms with Crippen molar-refractivity contribution < 1.29 is 32.2 Å². The van der Waals surface area contributed by atoms with Crippen molar-refractivity contribution in [3.63, 3.8) is 0 Å². The molecule has 16 heteroatoms. The summed E-state index contributed by atoms with van der Waals surface area (Å²) in [6.07, 6.45) is 3.99. The summed E-state index contributed by atoms with van der Waals surface area (Å²) in [5.41, 5.74) is 5.13. The molecule has 0 spiro atoms. The molecule has 3 aliphatic rings. The number of hydrogen-bond acceptors (Lipinski definition) is 9. The van der Waals surface area contributed by atoms with Crippen LogP contribution in [0, 0.1) is 5.82 Å². The first-order valence-corrected chi connectivity index (χ1v) is 19.2. The molecule has 0 bridgehead atoms. The van der Waals surface area contributed by atoms with Crippen molar-refractivity contribution in [3.8, 4) is 33.8 Å². The van der Waals surface area contributed by atoms with Crippen molar-refractivity contribution in [2.45, 2.75) is 44.3 Å². The minimum Gasteiger partial charge on any atom is -0.496 e. The average molecular weight is 808 g/mol. The Balaban J connectivity index is 1.02. The zero-order chi connectivity index (χ0) is 41.5.